The van der Waals surface area contributed by atoms with Crippen LogP contribution in [0.5, 0.6) is 0 Å². The first-order valence-corrected chi connectivity index (χ1v) is 6.21. The zero-order valence-electron chi connectivity index (χ0n) is 11.5. The molecule has 1 atom stereocenters. The Hall–Kier alpha value is -2.37. The predicted octanol–water partition coefficient (Wildman–Crippen LogP) is 0.371. The Morgan fingerprint density at radius 1 is 1.15 bits per heavy atom. The lowest BCUT2D eigenvalue weighted by Crippen LogP contribution is -2.48. The number of benzene rings is 1. The van der Waals surface area contributed by atoms with Crippen molar-refractivity contribution in [1.29, 1.82) is 0 Å². The van der Waals surface area contributed by atoms with Crippen molar-refractivity contribution in [2.24, 2.45) is 0 Å². The van der Waals surface area contributed by atoms with Gasteiger partial charge in [-0.3, -0.25) is 14.4 Å². The van der Waals surface area contributed by atoms with Crippen molar-refractivity contribution in [1.82, 2.24) is 10.6 Å². The second-order valence-electron chi connectivity index (χ2n) is 4.26. The summed E-state index contributed by atoms with van der Waals surface area (Å²) < 4.78 is 4.76. The van der Waals surface area contributed by atoms with Crippen molar-refractivity contribution in [3.05, 3.63) is 35.9 Å². The van der Waals surface area contributed by atoms with Crippen molar-refractivity contribution in [3.63, 3.8) is 0 Å². The van der Waals surface area contributed by atoms with Crippen molar-refractivity contribution in [3.8, 4) is 0 Å². The number of rotatable bonds is 6. The largest absolute Gasteiger partial charge is 0.463 e. The molecule has 1 unspecified atom stereocenters. The zero-order valence-corrected chi connectivity index (χ0v) is 11.5. The first kappa shape index (κ1) is 15.7. The Labute approximate surface area is 117 Å². The number of nitrogens with one attached hydrogen (secondary N) is 2. The first-order valence-electron chi connectivity index (χ1n) is 6.21. The average molecular weight is 278 g/mol. The van der Waals surface area contributed by atoms with E-state index in [1.54, 1.807) is 0 Å². The summed E-state index contributed by atoms with van der Waals surface area (Å²) >= 11 is 0. The maximum atomic E-state index is 11.9. The van der Waals surface area contributed by atoms with Gasteiger partial charge < -0.3 is 15.4 Å². The van der Waals surface area contributed by atoms with Crippen LogP contribution in [-0.2, 0) is 25.7 Å². The van der Waals surface area contributed by atoms with E-state index in [1.807, 2.05) is 30.3 Å². The topological polar surface area (TPSA) is 84.5 Å². The molecule has 0 aliphatic heterocycles. The molecule has 1 rings (SSSR count). The molecule has 0 bridgehead atoms. The van der Waals surface area contributed by atoms with E-state index >= 15 is 0 Å². The number of ether oxygens (including phenoxy) is 1. The van der Waals surface area contributed by atoms with Gasteiger partial charge in [-0.25, -0.2) is 0 Å². The van der Waals surface area contributed by atoms with Gasteiger partial charge in [0.25, 0.3) is 0 Å². The van der Waals surface area contributed by atoms with Crippen molar-refractivity contribution in [2.45, 2.75) is 26.4 Å². The summed E-state index contributed by atoms with van der Waals surface area (Å²) in [6.07, 6.45) is 0. The summed E-state index contributed by atoms with van der Waals surface area (Å²) in [5, 5.41) is 5.13. The van der Waals surface area contributed by atoms with Gasteiger partial charge in [0.05, 0.1) is 0 Å². The van der Waals surface area contributed by atoms with Gasteiger partial charge in [0.15, 0.2) is 0 Å². The van der Waals surface area contributed by atoms with Crippen molar-refractivity contribution in [2.75, 3.05) is 6.61 Å². The Morgan fingerprint density at radius 3 is 2.35 bits per heavy atom. The molecule has 0 aromatic heterocycles. The van der Waals surface area contributed by atoms with E-state index in [9.17, 15) is 14.4 Å². The van der Waals surface area contributed by atoms with Gasteiger partial charge in [-0.1, -0.05) is 30.3 Å². The van der Waals surface area contributed by atoms with Crippen LogP contribution in [0.3, 0.4) is 0 Å². The fourth-order valence-corrected chi connectivity index (χ4v) is 1.54. The van der Waals surface area contributed by atoms with Crippen LogP contribution in [0.2, 0.25) is 0 Å². The molecule has 0 saturated carbocycles. The summed E-state index contributed by atoms with van der Waals surface area (Å²) in [4.78, 5) is 33.8. The minimum absolute atomic E-state index is 0.185. The number of hydrogen-bond donors (Lipinski definition) is 2. The highest BCUT2D eigenvalue weighted by molar-refractivity contribution is 5.87. The van der Waals surface area contributed by atoms with Crippen LogP contribution in [0, 0.1) is 0 Å². The Morgan fingerprint density at radius 2 is 1.80 bits per heavy atom. The molecule has 108 valence electrons. The number of hydrogen-bond acceptors (Lipinski definition) is 4. The maximum absolute atomic E-state index is 11.9. The Balaban J connectivity index is 2.53. The normalized spacial score (nSPS) is 11.3. The number of carbonyl (C=O) groups is 3. The van der Waals surface area contributed by atoms with Crippen LogP contribution in [0.15, 0.2) is 30.3 Å². The molecule has 6 heteroatoms. The molecule has 0 fully saturated rings. The predicted molar refractivity (Wildman–Crippen MR) is 72.5 cm³/mol. The Bertz CT molecular complexity index is 473. The van der Waals surface area contributed by atoms with Crippen LogP contribution >= 0.6 is 0 Å². The van der Waals surface area contributed by atoms with Gasteiger partial charge in [-0.15, -0.1) is 0 Å². The quantitative estimate of drug-likeness (QED) is 0.736. The van der Waals surface area contributed by atoms with Gasteiger partial charge in [0.2, 0.25) is 11.8 Å². The van der Waals surface area contributed by atoms with Crippen LogP contribution in [0.4, 0.5) is 0 Å². The van der Waals surface area contributed by atoms with E-state index in [2.05, 4.69) is 10.6 Å². The molecule has 0 aliphatic rings. The number of esters is 1. The molecule has 6 nitrogen and oxygen atoms in total. The van der Waals surface area contributed by atoms with Gasteiger partial charge >= 0.3 is 5.97 Å². The number of carbonyl (C=O) groups excluding carboxylic acids is 3. The molecular weight excluding hydrogens is 260 g/mol. The SMILES string of the molecule is CC(=O)NC(COC(C)=O)C(=O)NCc1ccccc1. The third-order valence-corrected chi connectivity index (χ3v) is 2.46. The first-order chi connectivity index (χ1) is 9.49. The molecule has 0 spiro atoms. The highest BCUT2D eigenvalue weighted by Crippen LogP contribution is 1.98. The third kappa shape index (κ3) is 5.99. The summed E-state index contributed by atoms with van der Waals surface area (Å²) in [5.74, 6) is -1.27. The smallest absolute Gasteiger partial charge is 0.302 e. The summed E-state index contributed by atoms with van der Waals surface area (Å²) in [6.45, 7) is 2.70. The zero-order chi connectivity index (χ0) is 15.0. The highest BCUT2D eigenvalue weighted by atomic mass is 16.5. The van der Waals surface area contributed by atoms with Gasteiger partial charge in [-0.05, 0) is 5.56 Å². The van der Waals surface area contributed by atoms with Crippen molar-refractivity contribution < 1.29 is 19.1 Å². The molecule has 0 saturated heterocycles. The lowest BCUT2D eigenvalue weighted by molar-refractivity contribution is -0.144. The lowest BCUT2D eigenvalue weighted by Gasteiger charge is -2.17. The molecule has 0 aliphatic carbocycles. The van der Waals surface area contributed by atoms with Crippen LogP contribution in [0.1, 0.15) is 19.4 Å². The van der Waals surface area contributed by atoms with E-state index < -0.39 is 17.9 Å². The fraction of sp³-hybridized carbons (Fsp3) is 0.357. The monoisotopic (exact) mass is 278 g/mol. The average Bonchev–Trinajstić information content (AvgIpc) is 2.41. The molecule has 2 N–H and O–H groups in total. The van der Waals surface area contributed by atoms with E-state index in [0.717, 1.165) is 5.56 Å². The van der Waals surface area contributed by atoms with E-state index in [4.69, 9.17) is 4.74 Å². The minimum atomic E-state index is -0.889. The third-order valence-electron chi connectivity index (χ3n) is 2.46. The van der Waals surface area contributed by atoms with Crippen LogP contribution in [0.25, 0.3) is 0 Å². The molecule has 0 heterocycles. The lowest BCUT2D eigenvalue weighted by atomic mass is 10.2. The van der Waals surface area contributed by atoms with E-state index in [0.29, 0.717) is 6.54 Å². The second-order valence-corrected chi connectivity index (χ2v) is 4.26. The van der Waals surface area contributed by atoms with E-state index in [-0.39, 0.29) is 12.5 Å². The van der Waals surface area contributed by atoms with Crippen LogP contribution < -0.4 is 10.6 Å². The molecule has 1 aromatic rings. The molecule has 1 aromatic carbocycles. The summed E-state index contributed by atoms with van der Waals surface area (Å²) in [6, 6.07) is 8.48. The van der Waals surface area contributed by atoms with Gasteiger partial charge in [-0.2, -0.15) is 0 Å². The van der Waals surface area contributed by atoms with Gasteiger partial charge in [0, 0.05) is 20.4 Å². The number of amides is 2. The summed E-state index contributed by atoms with van der Waals surface area (Å²) in [7, 11) is 0. The fourth-order valence-electron chi connectivity index (χ4n) is 1.54. The standard InChI is InChI=1S/C14H18N2O4/c1-10(17)16-13(9-20-11(2)18)14(19)15-8-12-6-4-3-5-7-12/h3-7,13H,8-9H2,1-2H3,(H,15,19)(H,16,17). The molecule has 2 amide bonds. The summed E-state index contributed by atoms with van der Waals surface area (Å²) in [5.41, 5.74) is 0.940. The maximum Gasteiger partial charge on any atom is 0.302 e. The van der Waals surface area contributed by atoms with Crippen molar-refractivity contribution >= 4 is 17.8 Å². The molecule has 0 radical (unpaired) electrons. The van der Waals surface area contributed by atoms with Crippen LogP contribution in [-0.4, -0.2) is 30.4 Å². The minimum Gasteiger partial charge on any atom is -0.463 e. The highest BCUT2D eigenvalue weighted by Gasteiger charge is 2.20. The van der Waals surface area contributed by atoms with Gasteiger partial charge in [0.1, 0.15) is 12.6 Å². The Kier molecular flexibility index (Phi) is 6.22. The molecular formula is C14H18N2O4. The van der Waals surface area contributed by atoms with E-state index in [1.165, 1.54) is 13.8 Å². The molecule has 20 heavy (non-hydrogen) atoms. The second kappa shape index (κ2) is 7.93.